The molecular formula is C19H18FN7O2. The Kier molecular flexibility index (Phi) is 4.02. The molecular weight excluding hydrogens is 377 g/mol. The number of fused-ring (bicyclic) bond motifs is 1. The Morgan fingerprint density at radius 1 is 1.24 bits per heavy atom. The molecule has 4 aromatic rings. The van der Waals surface area contributed by atoms with Crippen LogP contribution in [0.4, 0.5) is 4.39 Å². The lowest BCUT2D eigenvalue weighted by Crippen LogP contribution is -2.34. The number of benzene rings is 1. The molecule has 0 unspecified atom stereocenters. The van der Waals surface area contributed by atoms with E-state index in [9.17, 15) is 9.50 Å². The van der Waals surface area contributed by atoms with Crippen LogP contribution in [0, 0.1) is 5.82 Å². The van der Waals surface area contributed by atoms with Crippen molar-refractivity contribution in [1.29, 1.82) is 0 Å². The monoisotopic (exact) mass is 395 g/mol. The van der Waals surface area contributed by atoms with Crippen LogP contribution in [0.25, 0.3) is 17.0 Å². The van der Waals surface area contributed by atoms with Gasteiger partial charge in [0.15, 0.2) is 17.3 Å². The average molecular weight is 395 g/mol. The number of ether oxygens (including phenoxy) is 1. The quantitative estimate of drug-likeness (QED) is 0.551. The molecule has 0 saturated heterocycles. The molecule has 5 rings (SSSR count). The first-order valence-corrected chi connectivity index (χ1v) is 9.25. The Labute approximate surface area is 164 Å². The molecule has 1 aliphatic carbocycles. The number of halogens is 1. The van der Waals surface area contributed by atoms with Gasteiger partial charge in [0, 0.05) is 7.05 Å². The van der Waals surface area contributed by atoms with Crippen molar-refractivity contribution < 1.29 is 14.2 Å². The van der Waals surface area contributed by atoms with Crippen LogP contribution >= 0.6 is 0 Å². The van der Waals surface area contributed by atoms with Gasteiger partial charge in [-0.1, -0.05) is 12.1 Å². The standard InChI is InChI=1S/C19H18FN7O2/c1-26-16(21-11-22-26)10-29-18-13(19(28)7-4-8-19)9-15-23-24-17(27(15)25-18)12-5-2-3-6-14(12)20/h2-3,5-6,9,11,28H,4,7-8,10H2,1H3. The molecule has 1 aliphatic rings. The van der Waals surface area contributed by atoms with Crippen LogP contribution < -0.4 is 4.74 Å². The molecule has 0 atom stereocenters. The maximum absolute atomic E-state index is 14.3. The predicted octanol–water partition coefficient (Wildman–Crippen LogP) is 2.01. The summed E-state index contributed by atoms with van der Waals surface area (Å²) in [5.74, 6) is 0.678. The predicted molar refractivity (Wildman–Crippen MR) is 99.3 cm³/mol. The van der Waals surface area contributed by atoms with E-state index < -0.39 is 11.4 Å². The fourth-order valence-electron chi connectivity index (χ4n) is 3.43. The topological polar surface area (TPSA) is 103 Å². The van der Waals surface area contributed by atoms with Gasteiger partial charge in [-0.15, -0.1) is 15.3 Å². The molecule has 29 heavy (non-hydrogen) atoms. The number of rotatable bonds is 5. The van der Waals surface area contributed by atoms with E-state index >= 15 is 0 Å². The van der Waals surface area contributed by atoms with Gasteiger partial charge >= 0.3 is 0 Å². The van der Waals surface area contributed by atoms with Crippen LogP contribution in [0.15, 0.2) is 36.7 Å². The minimum Gasteiger partial charge on any atom is -0.468 e. The van der Waals surface area contributed by atoms with Crippen molar-refractivity contribution in [2.75, 3.05) is 0 Å². The summed E-state index contributed by atoms with van der Waals surface area (Å²) in [4.78, 5) is 4.14. The fourth-order valence-corrected chi connectivity index (χ4v) is 3.43. The minimum atomic E-state index is -1.02. The van der Waals surface area contributed by atoms with Crippen LogP contribution in [-0.2, 0) is 19.3 Å². The third-order valence-corrected chi connectivity index (χ3v) is 5.30. The second-order valence-electron chi connectivity index (χ2n) is 7.11. The van der Waals surface area contributed by atoms with Gasteiger partial charge in [0.05, 0.1) is 16.7 Å². The van der Waals surface area contributed by atoms with Crippen LogP contribution in [0.2, 0.25) is 0 Å². The molecule has 1 N–H and O–H groups in total. The molecule has 0 bridgehead atoms. The lowest BCUT2D eigenvalue weighted by Gasteiger charge is -2.37. The molecule has 10 heteroatoms. The lowest BCUT2D eigenvalue weighted by molar-refractivity contribution is -0.0416. The van der Waals surface area contributed by atoms with E-state index in [1.165, 1.54) is 16.9 Å². The van der Waals surface area contributed by atoms with Gasteiger partial charge in [-0.05, 0) is 37.5 Å². The molecule has 0 radical (unpaired) electrons. The molecule has 3 aromatic heterocycles. The van der Waals surface area contributed by atoms with Gasteiger partial charge in [-0.25, -0.2) is 9.37 Å². The summed E-state index contributed by atoms with van der Waals surface area (Å²) in [6.45, 7) is 0.120. The number of aryl methyl sites for hydroxylation is 1. The molecule has 3 heterocycles. The molecule has 0 amide bonds. The first kappa shape index (κ1) is 17.7. The summed E-state index contributed by atoms with van der Waals surface area (Å²) < 4.78 is 23.2. The second-order valence-corrected chi connectivity index (χ2v) is 7.11. The maximum atomic E-state index is 14.3. The van der Waals surface area contributed by atoms with E-state index in [0.29, 0.717) is 29.9 Å². The van der Waals surface area contributed by atoms with E-state index in [0.717, 1.165) is 6.42 Å². The van der Waals surface area contributed by atoms with Gasteiger partial charge in [0.1, 0.15) is 18.8 Å². The Hall–Kier alpha value is -3.40. The van der Waals surface area contributed by atoms with Crippen molar-refractivity contribution >= 4 is 5.65 Å². The normalized spacial score (nSPS) is 15.4. The molecule has 9 nitrogen and oxygen atoms in total. The molecule has 148 valence electrons. The average Bonchev–Trinajstić information content (AvgIpc) is 3.29. The number of nitrogens with zero attached hydrogens (tertiary/aromatic N) is 7. The third-order valence-electron chi connectivity index (χ3n) is 5.30. The second kappa shape index (κ2) is 6.59. The summed E-state index contributed by atoms with van der Waals surface area (Å²) in [5.41, 5.74) is 0.214. The van der Waals surface area contributed by atoms with Crippen molar-refractivity contribution in [3.8, 4) is 17.3 Å². The Bertz CT molecular complexity index is 1200. The van der Waals surface area contributed by atoms with Crippen LogP contribution in [0.5, 0.6) is 5.88 Å². The van der Waals surface area contributed by atoms with E-state index in [4.69, 9.17) is 4.74 Å². The van der Waals surface area contributed by atoms with Crippen molar-refractivity contribution in [3.63, 3.8) is 0 Å². The zero-order chi connectivity index (χ0) is 20.0. The van der Waals surface area contributed by atoms with Crippen molar-refractivity contribution in [2.45, 2.75) is 31.5 Å². The smallest absolute Gasteiger partial charge is 0.238 e. The largest absolute Gasteiger partial charge is 0.468 e. The van der Waals surface area contributed by atoms with Gasteiger partial charge in [-0.2, -0.15) is 9.61 Å². The van der Waals surface area contributed by atoms with Gasteiger partial charge < -0.3 is 9.84 Å². The number of hydrogen-bond acceptors (Lipinski definition) is 7. The van der Waals surface area contributed by atoms with Crippen molar-refractivity contribution in [1.82, 2.24) is 34.6 Å². The van der Waals surface area contributed by atoms with E-state index in [1.807, 2.05) is 0 Å². The molecule has 0 aliphatic heterocycles. The van der Waals surface area contributed by atoms with Crippen LogP contribution in [0.1, 0.15) is 30.7 Å². The van der Waals surface area contributed by atoms with Crippen LogP contribution in [0.3, 0.4) is 0 Å². The van der Waals surface area contributed by atoms with Crippen molar-refractivity contribution in [3.05, 3.63) is 53.9 Å². The molecule has 1 fully saturated rings. The molecule has 0 spiro atoms. The number of aliphatic hydroxyl groups is 1. The summed E-state index contributed by atoms with van der Waals surface area (Å²) >= 11 is 0. The maximum Gasteiger partial charge on any atom is 0.238 e. The Morgan fingerprint density at radius 2 is 2.07 bits per heavy atom. The van der Waals surface area contributed by atoms with Gasteiger partial charge in [0.25, 0.3) is 0 Å². The summed E-state index contributed by atoms with van der Waals surface area (Å²) in [5, 5.41) is 27.7. The number of aromatic nitrogens is 7. The highest BCUT2D eigenvalue weighted by Crippen LogP contribution is 2.44. The molecule has 1 saturated carbocycles. The van der Waals surface area contributed by atoms with E-state index in [-0.39, 0.29) is 23.9 Å². The highest BCUT2D eigenvalue weighted by molar-refractivity contribution is 5.60. The zero-order valence-corrected chi connectivity index (χ0v) is 15.7. The lowest BCUT2D eigenvalue weighted by atomic mass is 9.75. The van der Waals surface area contributed by atoms with Crippen molar-refractivity contribution in [2.24, 2.45) is 7.05 Å². The first-order chi connectivity index (χ1) is 14.0. The Morgan fingerprint density at radius 3 is 2.76 bits per heavy atom. The summed E-state index contributed by atoms with van der Waals surface area (Å²) in [6, 6.07) is 8.00. The highest BCUT2D eigenvalue weighted by Gasteiger charge is 2.40. The van der Waals surface area contributed by atoms with Gasteiger partial charge in [-0.3, -0.25) is 4.68 Å². The Balaban J connectivity index is 1.62. The van der Waals surface area contributed by atoms with E-state index in [2.05, 4.69) is 25.4 Å². The highest BCUT2D eigenvalue weighted by atomic mass is 19.1. The summed E-state index contributed by atoms with van der Waals surface area (Å²) in [6.07, 6.45) is 3.57. The number of hydrogen-bond donors (Lipinski definition) is 1. The van der Waals surface area contributed by atoms with Gasteiger partial charge in [0.2, 0.25) is 5.88 Å². The molecule has 1 aromatic carbocycles. The zero-order valence-electron chi connectivity index (χ0n) is 15.7. The van der Waals surface area contributed by atoms with Crippen LogP contribution in [-0.4, -0.2) is 39.7 Å². The third kappa shape index (κ3) is 2.92. The van der Waals surface area contributed by atoms with E-state index in [1.54, 1.807) is 36.0 Å². The SMILES string of the molecule is Cn1ncnc1COc1nn2c(-c3ccccc3F)nnc2cc1C1(O)CCC1. The minimum absolute atomic E-state index is 0.120. The fraction of sp³-hybridized carbons (Fsp3) is 0.316. The summed E-state index contributed by atoms with van der Waals surface area (Å²) in [7, 11) is 1.76. The first-order valence-electron chi connectivity index (χ1n) is 9.25.